The van der Waals surface area contributed by atoms with Gasteiger partial charge in [-0.05, 0) is 25.0 Å². The molecular formula is C19H17N3O5. The maximum atomic E-state index is 12.3. The molecule has 2 atom stereocenters. The fraction of sp³-hybridized carbons (Fsp3) is 0.316. The Bertz CT molecular complexity index is 879. The van der Waals surface area contributed by atoms with Crippen molar-refractivity contribution in [3.8, 4) is 11.5 Å². The minimum absolute atomic E-state index is 0.138. The maximum Gasteiger partial charge on any atom is 0.326 e. The third-order valence-electron chi connectivity index (χ3n) is 4.73. The molecule has 8 nitrogen and oxygen atoms in total. The van der Waals surface area contributed by atoms with Gasteiger partial charge in [0, 0.05) is 5.56 Å². The van der Waals surface area contributed by atoms with Crippen LogP contribution in [-0.2, 0) is 25.7 Å². The highest BCUT2D eigenvalue weighted by Crippen LogP contribution is 2.34. The lowest BCUT2D eigenvalue weighted by Gasteiger charge is -2.14. The summed E-state index contributed by atoms with van der Waals surface area (Å²) in [4.78, 5) is 37.8. The Morgan fingerprint density at radius 2 is 1.74 bits per heavy atom. The van der Waals surface area contributed by atoms with E-state index in [2.05, 4.69) is 10.2 Å². The number of aromatic nitrogens is 2. The molecule has 0 bridgehead atoms. The van der Waals surface area contributed by atoms with Gasteiger partial charge in [0.15, 0.2) is 6.61 Å². The maximum absolute atomic E-state index is 12.3. The van der Waals surface area contributed by atoms with E-state index >= 15 is 0 Å². The van der Waals surface area contributed by atoms with Gasteiger partial charge in [0.2, 0.25) is 17.7 Å². The van der Waals surface area contributed by atoms with Crippen molar-refractivity contribution in [1.29, 1.82) is 0 Å². The molecule has 0 saturated carbocycles. The third-order valence-corrected chi connectivity index (χ3v) is 4.73. The molecule has 8 heteroatoms. The van der Waals surface area contributed by atoms with Gasteiger partial charge in [0.25, 0.3) is 5.89 Å². The molecule has 1 saturated heterocycles. The third kappa shape index (κ3) is 3.38. The van der Waals surface area contributed by atoms with Crippen molar-refractivity contribution < 1.29 is 23.5 Å². The van der Waals surface area contributed by atoms with Gasteiger partial charge < -0.3 is 9.15 Å². The summed E-state index contributed by atoms with van der Waals surface area (Å²) in [7, 11) is 0. The van der Waals surface area contributed by atoms with Gasteiger partial charge in [0.05, 0.1) is 11.8 Å². The number of benzene rings is 1. The Morgan fingerprint density at radius 3 is 2.41 bits per heavy atom. The number of rotatable bonds is 5. The summed E-state index contributed by atoms with van der Waals surface area (Å²) in [5.74, 6) is -1.57. The number of allylic oxidation sites excluding steroid dienone is 2. The highest BCUT2D eigenvalue weighted by molar-refractivity contribution is 6.07. The van der Waals surface area contributed by atoms with Gasteiger partial charge in [-0.2, -0.15) is 0 Å². The van der Waals surface area contributed by atoms with E-state index in [9.17, 15) is 14.4 Å². The predicted octanol–water partition coefficient (Wildman–Crippen LogP) is 1.73. The van der Waals surface area contributed by atoms with Crippen LogP contribution in [0, 0.1) is 11.8 Å². The summed E-state index contributed by atoms with van der Waals surface area (Å²) >= 11 is 0. The van der Waals surface area contributed by atoms with Crippen LogP contribution in [0.5, 0.6) is 0 Å². The zero-order valence-electron chi connectivity index (χ0n) is 14.4. The highest BCUT2D eigenvalue weighted by atomic mass is 16.5. The van der Waals surface area contributed by atoms with Crippen LogP contribution in [0.25, 0.3) is 11.5 Å². The van der Waals surface area contributed by atoms with Crippen LogP contribution < -0.4 is 0 Å². The molecule has 0 unspecified atom stereocenters. The number of carbonyl (C=O) groups is 3. The molecule has 0 N–H and O–H groups in total. The second-order valence-electron chi connectivity index (χ2n) is 6.45. The van der Waals surface area contributed by atoms with Gasteiger partial charge in [-0.25, -0.2) is 0 Å². The molecular weight excluding hydrogens is 350 g/mol. The summed E-state index contributed by atoms with van der Waals surface area (Å²) in [6, 6.07) is 9.20. The molecule has 1 fully saturated rings. The van der Waals surface area contributed by atoms with E-state index in [0.29, 0.717) is 18.7 Å². The van der Waals surface area contributed by atoms with Gasteiger partial charge in [-0.15, -0.1) is 10.2 Å². The second kappa shape index (κ2) is 7.14. The molecule has 2 aromatic rings. The molecule has 0 spiro atoms. The standard InChI is InChI=1S/C19H17N3O5/c23-16(10-22-18(24)13-8-4-5-9-14(13)19(22)25)26-11-15-20-21-17(27-15)12-6-2-1-3-7-12/h1-7,13-14H,8-11H2/t13-,14+. The lowest BCUT2D eigenvalue weighted by atomic mass is 9.85. The Labute approximate surface area is 154 Å². The van der Waals surface area contributed by atoms with Crippen molar-refractivity contribution in [2.24, 2.45) is 11.8 Å². The Morgan fingerprint density at radius 1 is 1.07 bits per heavy atom. The molecule has 138 valence electrons. The molecule has 1 aromatic heterocycles. The summed E-state index contributed by atoms with van der Waals surface area (Å²) in [5.41, 5.74) is 0.757. The fourth-order valence-corrected chi connectivity index (χ4v) is 3.35. The molecule has 2 amide bonds. The number of ether oxygens (including phenoxy) is 1. The van der Waals surface area contributed by atoms with E-state index < -0.39 is 12.5 Å². The molecule has 4 rings (SSSR count). The SMILES string of the molecule is O=C(CN1C(=O)[C@H]2CC=CC[C@H]2C1=O)OCc1nnc(-c2ccccc2)o1. The highest BCUT2D eigenvalue weighted by Gasteiger charge is 2.47. The number of carbonyl (C=O) groups excluding carboxylic acids is 3. The molecule has 1 aromatic carbocycles. The van der Waals surface area contributed by atoms with E-state index in [1.54, 1.807) is 0 Å². The first-order valence-corrected chi connectivity index (χ1v) is 8.67. The average molecular weight is 367 g/mol. The smallest absolute Gasteiger partial charge is 0.326 e. The first kappa shape index (κ1) is 17.1. The number of nitrogens with zero attached hydrogens (tertiary/aromatic N) is 3. The van der Waals surface area contributed by atoms with E-state index in [-0.39, 0.29) is 36.1 Å². The molecule has 2 aliphatic rings. The molecule has 27 heavy (non-hydrogen) atoms. The molecule has 2 heterocycles. The number of likely N-dealkylation sites (tertiary alicyclic amines) is 1. The van der Waals surface area contributed by atoms with Crippen LogP contribution in [0.2, 0.25) is 0 Å². The van der Waals surface area contributed by atoms with Crippen LogP contribution >= 0.6 is 0 Å². The topological polar surface area (TPSA) is 103 Å². The molecule has 0 radical (unpaired) electrons. The molecule has 1 aliphatic carbocycles. The quantitative estimate of drug-likeness (QED) is 0.450. The van der Waals surface area contributed by atoms with Crippen LogP contribution in [0.1, 0.15) is 18.7 Å². The number of esters is 1. The average Bonchev–Trinajstić information content (AvgIpc) is 3.27. The second-order valence-corrected chi connectivity index (χ2v) is 6.45. The zero-order valence-corrected chi connectivity index (χ0v) is 14.4. The van der Waals surface area contributed by atoms with E-state index in [4.69, 9.17) is 9.15 Å². The van der Waals surface area contributed by atoms with Crippen molar-refractivity contribution in [1.82, 2.24) is 15.1 Å². The Balaban J connectivity index is 1.33. The van der Waals surface area contributed by atoms with Crippen molar-refractivity contribution >= 4 is 17.8 Å². The first-order valence-electron chi connectivity index (χ1n) is 8.67. The number of fused-ring (bicyclic) bond motifs is 1. The summed E-state index contributed by atoms with van der Waals surface area (Å²) in [6.07, 6.45) is 4.86. The predicted molar refractivity (Wildman–Crippen MR) is 91.6 cm³/mol. The minimum Gasteiger partial charge on any atom is -0.454 e. The van der Waals surface area contributed by atoms with Gasteiger partial charge >= 0.3 is 5.97 Å². The summed E-state index contributed by atoms with van der Waals surface area (Å²) in [5, 5.41) is 7.74. The summed E-state index contributed by atoms with van der Waals surface area (Å²) in [6.45, 7) is -0.617. The summed E-state index contributed by atoms with van der Waals surface area (Å²) < 4.78 is 10.5. The van der Waals surface area contributed by atoms with Crippen LogP contribution in [0.15, 0.2) is 46.9 Å². The molecule has 1 aliphatic heterocycles. The monoisotopic (exact) mass is 367 g/mol. The van der Waals surface area contributed by atoms with E-state index in [1.165, 1.54) is 0 Å². The lowest BCUT2D eigenvalue weighted by molar-refractivity contribution is -0.154. The van der Waals surface area contributed by atoms with Crippen molar-refractivity contribution in [2.75, 3.05) is 6.54 Å². The van der Waals surface area contributed by atoms with Gasteiger partial charge in [-0.1, -0.05) is 30.4 Å². The van der Waals surface area contributed by atoms with Gasteiger partial charge in [-0.3, -0.25) is 19.3 Å². The van der Waals surface area contributed by atoms with Gasteiger partial charge in [0.1, 0.15) is 6.54 Å². The largest absolute Gasteiger partial charge is 0.454 e. The normalized spacial score (nSPS) is 21.4. The zero-order chi connectivity index (χ0) is 18.8. The number of hydrogen-bond acceptors (Lipinski definition) is 7. The van der Waals surface area contributed by atoms with Crippen molar-refractivity contribution in [3.63, 3.8) is 0 Å². The lowest BCUT2D eigenvalue weighted by Crippen LogP contribution is -2.36. The fourth-order valence-electron chi connectivity index (χ4n) is 3.35. The van der Waals surface area contributed by atoms with Crippen LogP contribution in [0.4, 0.5) is 0 Å². The van der Waals surface area contributed by atoms with Crippen LogP contribution in [-0.4, -0.2) is 39.4 Å². The number of hydrogen-bond donors (Lipinski definition) is 0. The Kier molecular flexibility index (Phi) is 4.53. The van der Waals surface area contributed by atoms with Crippen molar-refractivity contribution in [3.05, 3.63) is 48.4 Å². The first-order chi connectivity index (χ1) is 13.1. The Hall–Kier alpha value is -3.29. The minimum atomic E-state index is -0.692. The van der Waals surface area contributed by atoms with Crippen molar-refractivity contribution in [2.45, 2.75) is 19.4 Å². The van der Waals surface area contributed by atoms with E-state index in [1.807, 2.05) is 42.5 Å². The van der Waals surface area contributed by atoms with Crippen LogP contribution in [0.3, 0.4) is 0 Å². The van der Waals surface area contributed by atoms with E-state index in [0.717, 1.165) is 10.5 Å². The number of imide groups is 1. The number of amides is 2.